The predicted molar refractivity (Wildman–Crippen MR) is 108 cm³/mol. The van der Waals surface area contributed by atoms with Crippen molar-refractivity contribution in [3.63, 3.8) is 0 Å². The minimum atomic E-state index is -0.452. The summed E-state index contributed by atoms with van der Waals surface area (Å²) in [5, 5.41) is 0. The molecule has 0 aromatic heterocycles. The summed E-state index contributed by atoms with van der Waals surface area (Å²) in [4.78, 5) is 0. The van der Waals surface area contributed by atoms with Gasteiger partial charge in [0.25, 0.3) is 0 Å². The Bertz CT molecular complexity index is 703. The van der Waals surface area contributed by atoms with E-state index in [1.807, 2.05) is 24.3 Å². The van der Waals surface area contributed by atoms with Crippen LogP contribution in [0.5, 0.6) is 0 Å². The molecule has 2 aromatic carbocycles. The molecule has 0 aliphatic heterocycles. The molecule has 0 saturated carbocycles. The number of unbranched alkanes of at least 4 members (excludes halogenated alkanes) is 1. The van der Waals surface area contributed by atoms with Crippen molar-refractivity contribution in [3.05, 3.63) is 82.9 Å². The van der Waals surface area contributed by atoms with Crippen LogP contribution in [0.2, 0.25) is 0 Å². The monoisotopic (exact) mass is 336 g/mol. The number of hydrogen-bond acceptors (Lipinski definition) is 0. The Morgan fingerprint density at radius 2 is 1.44 bits per heavy atom. The molecule has 0 N–H and O–H groups in total. The van der Waals surface area contributed by atoms with Crippen LogP contribution in [-0.4, -0.2) is 6.67 Å². The van der Waals surface area contributed by atoms with Crippen LogP contribution in [0.4, 0.5) is 4.39 Å². The highest BCUT2D eigenvalue weighted by Crippen LogP contribution is 2.20. The molecule has 0 atom stereocenters. The van der Waals surface area contributed by atoms with Gasteiger partial charge in [0.15, 0.2) is 0 Å². The van der Waals surface area contributed by atoms with E-state index in [-0.39, 0.29) is 0 Å². The number of halogens is 1. The number of benzene rings is 2. The zero-order chi connectivity index (χ0) is 18.1. The van der Waals surface area contributed by atoms with Crippen molar-refractivity contribution in [3.8, 4) is 0 Å². The molecule has 0 aliphatic carbocycles. The van der Waals surface area contributed by atoms with E-state index in [0.29, 0.717) is 0 Å². The van der Waals surface area contributed by atoms with Gasteiger partial charge in [-0.3, -0.25) is 0 Å². The smallest absolute Gasteiger partial charge is 0.115 e. The lowest BCUT2D eigenvalue weighted by Crippen LogP contribution is -1.89. The van der Waals surface area contributed by atoms with E-state index in [0.717, 1.165) is 29.6 Å². The maximum Gasteiger partial charge on any atom is 0.115 e. The lowest BCUT2D eigenvalue weighted by molar-refractivity contribution is 0.571. The van der Waals surface area contributed by atoms with Crippen molar-refractivity contribution < 1.29 is 4.39 Å². The van der Waals surface area contributed by atoms with E-state index < -0.39 is 6.67 Å². The summed E-state index contributed by atoms with van der Waals surface area (Å²) >= 11 is 0. The third-order valence-electron chi connectivity index (χ3n) is 4.64. The molecule has 0 unspecified atom stereocenters. The number of alkyl halides is 1. The van der Waals surface area contributed by atoms with Gasteiger partial charge in [-0.15, -0.1) is 0 Å². The fraction of sp³-hybridized carbons (Fsp3) is 0.333. The second kappa shape index (κ2) is 9.98. The Morgan fingerprint density at radius 1 is 0.840 bits per heavy atom. The maximum atomic E-state index is 13.5. The van der Waals surface area contributed by atoms with Crippen molar-refractivity contribution in [2.75, 3.05) is 6.67 Å². The van der Waals surface area contributed by atoms with Crippen molar-refractivity contribution in [1.29, 1.82) is 0 Å². The van der Waals surface area contributed by atoms with Crippen LogP contribution in [0.25, 0.3) is 11.1 Å². The number of allylic oxidation sites excluding steroid dienone is 4. The van der Waals surface area contributed by atoms with E-state index in [1.165, 1.54) is 29.5 Å². The predicted octanol–water partition coefficient (Wildman–Crippen LogP) is 7.05. The Morgan fingerprint density at radius 3 is 2.00 bits per heavy atom. The van der Waals surface area contributed by atoms with E-state index in [2.05, 4.69) is 57.2 Å². The van der Waals surface area contributed by atoms with Gasteiger partial charge in [0.2, 0.25) is 0 Å². The van der Waals surface area contributed by atoms with Crippen LogP contribution in [-0.2, 0) is 12.8 Å². The van der Waals surface area contributed by atoms with Gasteiger partial charge in [-0.05, 0) is 59.6 Å². The molecule has 0 radical (unpaired) electrons. The van der Waals surface area contributed by atoms with Crippen molar-refractivity contribution in [2.24, 2.45) is 0 Å². The second-order valence-corrected chi connectivity index (χ2v) is 6.53. The molecule has 0 spiro atoms. The SMILES string of the molecule is CCCCc1ccc(/C(=C/C=C(\C)c2ccc(CC)cc2)CF)cc1. The summed E-state index contributed by atoms with van der Waals surface area (Å²) in [5.74, 6) is 0. The quantitative estimate of drug-likeness (QED) is 0.453. The Hall–Kier alpha value is -2.15. The molecule has 0 nitrogen and oxygen atoms in total. The summed E-state index contributed by atoms with van der Waals surface area (Å²) in [6.45, 7) is 5.97. The second-order valence-electron chi connectivity index (χ2n) is 6.53. The number of aryl methyl sites for hydroxylation is 2. The first-order valence-corrected chi connectivity index (χ1v) is 9.30. The van der Waals surface area contributed by atoms with Crippen LogP contribution < -0.4 is 0 Å². The Kier molecular flexibility index (Phi) is 7.66. The van der Waals surface area contributed by atoms with Gasteiger partial charge >= 0.3 is 0 Å². The fourth-order valence-electron chi connectivity index (χ4n) is 2.81. The summed E-state index contributed by atoms with van der Waals surface area (Å²) in [6, 6.07) is 16.9. The molecular formula is C24H29F. The third-order valence-corrected chi connectivity index (χ3v) is 4.64. The summed E-state index contributed by atoms with van der Waals surface area (Å²) in [7, 11) is 0. The molecule has 0 saturated heterocycles. The Labute approximate surface area is 152 Å². The first kappa shape index (κ1) is 19.2. The molecule has 132 valence electrons. The van der Waals surface area contributed by atoms with E-state index in [9.17, 15) is 4.39 Å². The zero-order valence-corrected chi connectivity index (χ0v) is 15.7. The van der Waals surface area contributed by atoms with E-state index in [1.54, 1.807) is 0 Å². The van der Waals surface area contributed by atoms with Crippen molar-refractivity contribution in [2.45, 2.75) is 46.5 Å². The molecule has 0 heterocycles. The molecule has 0 fully saturated rings. The van der Waals surface area contributed by atoms with Crippen molar-refractivity contribution >= 4 is 11.1 Å². The average molecular weight is 336 g/mol. The highest BCUT2D eigenvalue weighted by Gasteiger charge is 2.02. The topological polar surface area (TPSA) is 0 Å². The molecule has 0 bridgehead atoms. The normalized spacial score (nSPS) is 12.5. The molecule has 0 amide bonds. The molecule has 0 aliphatic rings. The van der Waals surface area contributed by atoms with Gasteiger partial charge < -0.3 is 0 Å². The lowest BCUT2D eigenvalue weighted by atomic mass is 10.0. The van der Waals surface area contributed by atoms with E-state index >= 15 is 0 Å². The van der Waals surface area contributed by atoms with Gasteiger partial charge in [-0.25, -0.2) is 4.39 Å². The van der Waals surface area contributed by atoms with Crippen LogP contribution in [0, 0.1) is 0 Å². The molecule has 25 heavy (non-hydrogen) atoms. The van der Waals surface area contributed by atoms with Crippen LogP contribution in [0.3, 0.4) is 0 Å². The lowest BCUT2D eigenvalue weighted by Gasteiger charge is -2.06. The number of rotatable bonds is 8. The highest BCUT2D eigenvalue weighted by atomic mass is 19.1. The zero-order valence-electron chi connectivity index (χ0n) is 15.7. The molecule has 2 aromatic rings. The van der Waals surface area contributed by atoms with E-state index in [4.69, 9.17) is 0 Å². The Balaban J connectivity index is 2.14. The maximum absolute atomic E-state index is 13.5. The number of hydrogen-bond donors (Lipinski definition) is 0. The minimum absolute atomic E-state index is 0.452. The van der Waals surface area contributed by atoms with Crippen LogP contribution in [0.15, 0.2) is 60.7 Å². The van der Waals surface area contributed by atoms with Gasteiger partial charge in [-0.1, -0.05) is 81.0 Å². The molecule has 2 rings (SSSR count). The summed E-state index contributed by atoms with van der Waals surface area (Å²) in [5.41, 5.74) is 6.68. The first-order valence-electron chi connectivity index (χ1n) is 9.30. The highest BCUT2D eigenvalue weighted by molar-refractivity contribution is 5.73. The largest absolute Gasteiger partial charge is 0.246 e. The van der Waals surface area contributed by atoms with Gasteiger partial charge in [0.05, 0.1) is 0 Å². The van der Waals surface area contributed by atoms with Crippen molar-refractivity contribution in [1.82, 2.24) is 0 Å². The standard InChI is InChI=1S/C24H29F/c1-4-6-7-21-11-16-23(17-12-21)24(18-25)13-8-19(3)22-14-9-20(5-2)10-15-22/h8-17H,4-7,18H2,1-3H3/b19-8+,24-13+. The fourth-order valence-corrected chi connectivity index (χ4v) is 2.81. The van der Waals surface area contributed by atoms with Crippen LogP contribution in [0.1, 0.15) is 55.9 Å². The minimum Gasteiger partial charge on any atom is -0.246 e. The van der Waals surface area contributed by atoms with Gasteiger partial charge in [-0.2, -0.15) is 0 Å². The van der Waals surface area contributed by atoms with Crippen LogP contribution >= 0.6 is 0 Å². The third kappa shape index (κ3) is 5.70. The summed E-state index contributed by atoms with van der Waals surface area (Å²) in [6.07, 6.45) is 8.46. The average Bonchev–Trinajstić information content (AvgIpc) is 2.67. The van der Waals surface area contributed by atoms with Gasteiger partial charge in [0.1, 0.15) is 6.67 Å². The van der Waals surface area contributed by atoms with Gasteiger partial charge in [0, 0.05) is 0 Å². The molecular weight excluding hydrogens is 307 g/mol. The first-order chi connectivity index (χ1) is 12.2. The summed E-state index contributed by atoms with van der Waals surface area (Å²) < 4.78 is 13.5. The molecule has 1 heteroatoms.